The molecule has 0 aliphatic rings. The molecule has 5 heteroatoms. The topological polar surface area (TPSA) is 48.4 Å². The molecule has 0 aliphatic carbocycles. The number of rotatable bonds is 4. The molecule has 1 aromatic carbocycles. The first kappa shape index (κ1) is 13.8. The van der Waals surface area contributed by atoms with E-state index in [0.29, 0.717) is 22.8 Å². The van der Waals surface area contributed by atoms with Crippen molar-refractivity contribution in [2.45, 2.75) is 0 Å². The zero-order valence-corrected chi connectivity index (χ0v) is 12.7. The van der Waals surface area contributed by atoms with Crippen molar-refractivity contribution < 1.29 is 14.3 Å². The maximum Gasteiger partial charge on any atom is 0.211 e. The van der Waals surface area contributed by atoms with Crippen LogP contribution in [0.3, 0.4) is 0 Å². The van der Waals surface area contributed by atoms with E-state index in [1.165, 1.54) is 0 Å². The van der Waals surface area contributed by atoms with Crippen molar-refractivity contribution in [3.8, 4) is 11.5 Å². The summed E-state index contributed by atoms with van der Waals surface area (Å²) in [5.74, 6) is 1.06. The molecule has 0 aliphatic heterocycles. The van der Waals surface area contributed by atoms with Crippen LogP contribution >= 0.6 is 22.6 Å². The highest BCUT2D eigenvalue weighted by molar-refractivity contribution is 14.1. The van der Waals surface area contributed by atoms with E-state index in [0.717, 1.165) is 3.57 Å². The molecule has 98 valence electrons. The average Bonchev–Trinajstić information content (AvgIpc) is 2.47. The number of carbonyl (C=O) groups is 1. The average molecular weight is 369 g/mol. The predicted octanol–water partition coefficient (Wildman–Crippen LogP) is 2.93. The lowest BCUT2D eigenvalue weighted by Crippen LogP contribution is -2.05. The van der Waals surface area contributed by atoms with Gasteiger partial charge in [0.25, 0.3) is 0 Å². The molecular weight excluding hydrogens is 357 g/mol. The molecule has 0 N–H and O–H groups in total. The van der Waals surface area contributed by atoms with Gasteiger partial charge in [0.15, 0.2) is 0 Å². The van der Waals surface area contributed by atoms with Gasteiger partial charge in [0, 0.05) is 11.8 Å². The fourth-order valence-electron chi connectivity index (χ4n) is 1.65. The van der Waals surface area contributed by atoms with E-state index in [1.807, 2.05) is 0 Å². The number of hydrogen-bond acceptors (Lipinski definition) is 4. The molecule has 4 nitrogen and oxygen atoms in total. The van der Waals surface area contributed by atoms with Gasteiger partial charge in [-0.1, -0.05) is 6.07 Å². The van der Waals surface area contributed by atoms with Gasteiger partial charge < -0.3 is 9.47 Å². The number of halogens is 1. The minimum Gasteiger partial charge on any atom is -0.495 e. The van der Waals surface area contributed by atoms with E-state index in [-0.39, 0.29) is 5.78 Å². The number of ketones is 1. The van der Waals surface area contributed by atoms with Gasteiger partial charge in [-0.2, -0.15) is 0 Å². The Kier molecular flexibility index (Phi) is 4.36. The zero-order chi connectivity index (χ0) is 13.8. The smallest absolute Gasteiger partial charge is 0.211 e. The molecule has 0 radical (unpaired) electrons. The normalized spacial score (nSPS) is 10.1. The van der Waals surface area contributed by atoms with Gasteiger partial charge in [0.1, 0.15) is 17.2 Å². The summed E-state index contributed by atoms with van der Waals surface area (Å²) in [6.45, 7) is 0. The van der Waals surface area contributed by atoms with Crippen LogP contribution in [0.2, 0.25) is 0 Å². The third-order valence-corrected chi connectivity index (χ3v) is 3.67. The Labute approximate surface area is 124 Å². The van der Waals surface area contributed by atoms with Crippen molar-refractivity contribution in [2.24, 2.45) is 0 Å². The molecule has 1 heterocycles. The number of nitrogens with zero attached hydrogens (tertiary/aromatic N) is 1. The molecule has 19 heavy (non-hydrogen) atoms. The molecule has 2 aromatic rings. The first-order chi connectivity index (χ1) is 9.17. The summed E-state index contributed by atoms with van der Waals surface area (Å²) >= 11 is 2.12. The molecule has 0 atom stereocenters. The number of pyridine rings is 1. The van der Waals surface area contributed by atoms with E-state index >= 15 is 0 Å². The molecule has 0 saturated heterocycles. The Balaban J connectivity index is 2.48. The van der Waals surface area contributed by atoms with Crippen molar-refractivity contribution >= 4 is 28.4 Å². The fourth-order valence-corrected chi connectivity index (χ4v) is 2.40. The van der Waals surface area contributed by atoms with Crippen molar-refractivity contribution in [1.29, 1.82) is 0 Å². The van der Waals surface area contributed by atoms with Gasteiger partial charge in [-0.05, 0) is 46.9 Å². The first-order valence-corrected chi connectivity index (χ1v) is 6.62. The van der Waals surface area contributed by atoms with Crippen LogP contribution in [-0.2, 0) is 0 Å². The third kappa shape index (κ3) is 2.86. The highest BCUT2D eigenvalue weighted by atomic mass is 127. The number of ether oxygens (including phenoxy) is 2. The van der Waals surface area contributed by atoms with Crippen LogP contribution in [0.5, 0.6) is 11.5 Å². The van der Waals surface area contributed by atoms with Gasteiger partial charge >= 0.3 is 0 Å². The Hall–Kier alpha value is -1.63. The van der Waals surface area contributed by atoms with Gasteiger partial charge in [-0.15, -0.1) is 0 Å². The van der Waals surface area contributed by atoms with Gasteiger partial charge in [0.05, 0.1) is 17.8 Å². The number of aromatic nitrogens is 1. The lowest BCUT2D eigenvalue weighted by atomic mass is 10.1. The van der Waals surface area contributed by atoms with E-state index in [1.54, 1.807) is 50.7 Å². The maximum absolute atomic E-state index is 12.3. The number of carbonyl (C=O) groups excluding carboxylic acids is 1. The third-order valence-electron chi connectivity index (χ3n) is 2.61. The Morgan fingerprint density at radius 2 is 1.79 bits per heavy atom. The predicted molar refractivity (Wildman–Crippen MR) is 79.9 cm³/mol. The monoisotopic (exact) mass is 369 g/mol. The second kappa shape index (κ2) is 6.01. The second-order valence-electron chi connectivity index (χ2n) is 3.74. The molecule has 0 unspecified atom stereocenters. The van der Waals surface area contributed by atoms with E-state index in [2.05, 4.69) is 27.6 Å². The maximum atomic E-state index is 12.3. The lowest BCUT2D eigenvalue weighted by molar-refractivity contribution is 0.103. The van der Waals surface area contributed by atoms with Crippen LogP contribution in [0, 0.1) is 3.57 Å². The quantitative estimate of drug-likeness (QED) is 0.614. The summed E-state index contributed by atoms with van der Waals surface area (Å²) in [5, 5.41) is 0. The van der Waals surface area contributed by atoms with Crippen LogP contribution in [0.25, 0.3) is 0 Å². The fraction of sp³-hybridized carbons (Fsp3) is 0.143. The first-order valence-electron chi connectivity index (χ1n) is 5.54. The summed E-state index contributed by atoms with van der Waals surface area (Å²) in [5.41, 5.74) is 0.889. The highest BCUT2D eigenvalue weighted by Crippen LogP contribution is 2.32. The Bertz CT molecular complexity index is 574. The van der Waals surface area contributed by atoms with Crippen LogP contribution in [0.4, 0.5) is 0 Å². The van der Waals surface area contributed by atoms with Crippen LogP contribution in [0.15, 0.2) is 36.5 Å². The minimum atomic E-state index is -0.159. The lowest BCUT2D eigenvalue weighted by Gasteiger charge is -2.10. The van der Waals surface area contributed by atoms with Crippen molar-refractivity contribution in [3.63, 3.8) is 0 Å². The van der Waals surface area contributed by atoms with Crippen LogP contribution in [-0.4, -0.2) is 25.0 Å². The molecule has 1 aromatic heterocycles. The highest BCUT2D eigenvalue weighted by Gasteiger charge is 2.16. The SMILES string of the molecule is COc1cc(C(=O)c2ccccn2)cc(OC)c1I. The molecule has 0 saturated carbocycles. The zero-order valence-electron chi connectivity index (χ0n) is 10.5. The summed E-state index contributed by atoms with van der Waals surface area (Å²) in [7, 11) is 3.12. The van der Waals surface area contributed by atoms with Gasteiger partial charge in [-0.25, -0.2) is 0 Å². The number of methoxy groups -OCH3 is 2. The largest absolute Gasteiger partial charge is 0.495 e. The number of hydrogen-bond donors (Lipinski definition) is 0. The standard InChI is InChI=1S/C14H12INO3/c1-18-11-7-9(8-12(19-2)13(11)15)14(17)10-5-3-4-6-16-10/h3-8H,1-2H3. The summed E-state index contributed by atoms with van der Waals surface area (Å²) < 4.78 is 11.3. The molecule has 0 bridgehead atoms. The van der Waals surface area contributed by atoms with Crippen LogP contribution in [0.1, 0.15) is 16.1 Å². The molecular formula is C14H12INO3. The molecule has 0 spiro atoms. The van der Waals surface area contributed by atoms with E-state index in [9.17, 15) is 4.79 Å². The van der Waals surface area contributed by atoms with Crippen molar-refractivity contribution in [1.82, 2.24) is 4.98 Å². The van der Waals surface area contributed by atoms with E-state index in [4.69, 9.17) is 9.47 Å². The van der Waals surface area contributed by atoms with E-state index < -0.39 is 0 Å². The summed E-state index contributed by atoms with van der Waals surface area (Å²) in [6.07, 6.45) is 1.59. The summed E-state index contributed by atoms with van der Waals surface area (Å²) in [6, 6.07) is 8.62. The summed E-state index contributed by atoms with van der Waals surface area (Å²) in [4.78, 5) is 16.4. The molecule has 0 amide bonds. The number of benzene rings is 1. The molecule has 0 fully saturated rings. The Morgan fingerprint density at radius 3 is 2.26 bits per heavy atom. The Morgan fingerprint density at radius 1 is 1.16 bits per heavy atom. The minimum absolute atomic E-state index is 0.159. The van der Waals surface area contributed by atoms with Crippen molar-refractivity contribution in [3.05, 3.63) is 51.4 Å². The second-order valence-corrected chi connectivity index (χ2v) is 4.82. The van der Waals surface area contributed by atoms with Gasteiger partial charge in [0.2, 0.25) is 5.78 Å². The molecule has 2 rings (SSSR count). The van der Waals surface area contributed by atoms with Gasteiger partial charge in [-0.3, -0.25) is 9.78 Å². The van der Waals surface area contributed by atoms with Crippen molar-refractivity contribution in [2.75, 3.05) is 14.2 Å². The van der Waals surface area contributed by atoms with Crippen LogP contribution < -0.4 is 9.47 Å².